The molecule has 0 saturated heterocycles. The lowest BCUT2D eigenvalue weighted by molar-refractivity contribution is 1.02. The van der Waals surface area contributed by atoms with Crippen LogP contribution in [0.3, 0.4) is 0 Å². The maximum atomic E-state index is 6.91. The van der Waals surface area contributed by atoms with Gasteiger partial charge in [-0.1, -0.05) is 0 Å². The zero-order valence-electron chi connectivity index (χ0n) is 9.39. The van der Waals surface area contributed by atoms with E-state index in [2.05, 4.69) is 15.2 Å². The molecular formula is C4H7N3. The Balaban J connectivity index is 3.01. The quantitative estimate of drug-likeness (QED) is 0.517. The van der Waals surface area contributed by atoms with Crippen molar-refractivity contribution in [2.75, 3.05) is 0 Å². The highest BCUT2D eigenvalue weighted by Gasteiger charge is 1.86. The second-order valence-corrected chi connectivity index (χ2v) is 1.01. The summed E-state index contributed by atoms with van der Waals surface area (Å²) < 4.78 is 41.4. The first kappa shape index (κ1) is 1.10. The molecule has 1 aromatic heterocycles. The first-order valence-corrected chi connectivity index (χ1v) is 1.64. The summed E-state index contributed by atoms with van der Waals surface area (Å²) in [5.41, 5.74) is 0. The van der Waals surface area contributed by atoms with Crippen LogP contribution in [0, 0.1) is 13.7 Å². The van der Waals surface area contributed by atoms with Crippen LogP contribution < -0.4 is 0 Å². The molecule has 1 rings (SSSR count). The predicted molar refractivity (Wildman–Crippen MR) is 25.9 cm³/mol. The monoisotopic (exact) mass is 103 g/mol. The predicted octanol–water partition coefficient (Wildman–Crippen LogP) is 0.422. The zero-order valence-corrected chi connectivity index (χ0v) is 3.39. The van der Waals surface area contributed by atoms with Crippen LogP contribution in [-0.2, 0) is 0 Å². The van der Waals surface area contributed by atoms with Crippen molar-refractivity contribution < 1.29 is 8.22 Å². The molecule has 0 unspecified atom stereocenters. The molecule has 3 nitrogen and oxygen atoms in total. The highest BCUT2D eigenvalue weighted by Crippen LogP contribution is 1.83. The van der Waals surface area contributed by atoms with Gasteiger partial charge in [-0.05, 0) is 13.7 Å². The van der Waals surface area contributed by atoms with Gasteiger partial charge in [0.05, 0.1) is 0 Å². The lowest BCUT2D eigenvalue weighted by Crippen LogP contribution is -1.70. The highest BCUT2D eigenvalue weighted by atomic mass is 15.2. The third-order valence-corrected chi connectivity index (χ3v) is 0.485. The van der Waals surface area contributed by atoms with Crippen molar-refractivity contribution in [1.29, 1.82) is 0 Å². The average molecular weight is 103 g/mol. The van der Waals surface area contributed by atoms with Crippen LogP contribution in [0.4, 0.5) is 0 Å². The van der Waals surface area contributed by atoms with E-state index < -0.39 is 25.4 Å². The molecule has 0 radical (unpaired) electrons. The van der Waals surface area contributed by atoms with Gasteiger partial charge in [-0.2, -0.15) is 5.10 Å². The van der Waals surface area contributed by atoms with Crippen LogP contribution in [0.1, 0.15) is 19.9 Å². The van der Waals surface area contributed by atoms with Crippen LogP contribution in [0.5, 0.6) is 0 Å². The molecule has 0 aliphatic heterocycles. The second-order valence-electron chi connectivity index (χ2n) is 1.01. The van der Waals surface area contributed by atoms with Crippen LogP contribution in [0.25, 0.3) is 0 Å². The van der Waals surface area contributed by atoms with E-state index >= 15 is 0 Å². The highest BCUT2D eigenvalue weighted by molar-refractivity contribution is 4.82. The fourth-order valence-corrected chi connectivity index (χ4v) is 0.262. The van der Waals surface area contributed by atoms with Gasteiger partial charge in [0.15, 0.2) is 0 Å². The van der Waals surface area contributed by atoms with Crippen molar-refractivity contribution in [3.8, 4) is 0 Å². The molecule has 0 aromatic carbocycles. The normalized spacial score (nSPS) is 25.7. The summed E-state index contributed by atoms with van der Waals surface area (Å²) >= 11 is 0. The van der Waals surface area contributed by atoms with Crippen LogP contribution in [0.15, 0.2) is 0 Å². The summed E-state index contributed by atoms with van der Waals surface area (Å²) in [6.07, 6.45) is 0. The first-order chi connectivity index (χ1) is 5.71. The molecule has 1 N–H and O–H groups in total. The molecular weight excluding hydrogens is 90.1 g/mol. The van der Waals surface area contributed by atoms with Gasteiger partial charge in [0.1, 0.15) is 11.6 Å². The van der Waals surface area contributed by atoms with Crippen molar-refractivity contribution in [1.82, 2.24) is 15.2 Å². The number of aromatic nitrogens is 3. The Morgan fingerprint density at radius 1 is 1.71 bits per heavy atom. The Morgan fingerprint density at radius 2 is 2.71 bits per heavy atom. The minimum atomic E-state index is -2.47. The summed E-state index contributed by atoms with van der Waals surface area (Å²) in [6.45, 7) is -4.92. The molecule has 1 heterocycles. The Bertz CT molecular complexity index is 267. The summed E-state index contributed by atoms with van der Waals surface area (Å²) in [7, 11) is 0. The van der Waals surface area contributed by atoms with Gasteiger partial charge in [0.2, 0.25) is 0 Å². The van der Waals surface area contributed by atoms with Gasteiger partial charge in [-0.15, -0.1) is 0 Å². The van der Waals surface area contributed by atoms with Crippen LogP contribution in [0.2, 0.25) is 0 Å². The summed E-state index contributed by atoms with van der Waals surface area (Å²) in [5.74, 6) is -0.878. The minimum absolute atomic E-state index is 0.404. The molecule has 7 heavy (non-hydrogen) atoms. The number of aryl methyl sites for hydroxylation is 2. The van der Waals surface area contributed by atoms with Gasteiger partial charge in [0.25, 0.3) is 0 Å². The average Bonchev–Trinajstić information content (AvgIpc) is 2.28. The molecule has 0 aliphatic rings. The lowest BCUT2D eigenvalue weighted by Gasteiger charge is -1.68. The van der Waals surface area contributed by atoms with E-state index in [4.69, 9.17) is 8.22 Å². The number of nitrogens with zero attached hydrogens (tertiary/aromatic N) is 2. The van der Waals surface area contributed by atoms with E-state index in [1.807, 2.05) is 0 Å². The van der Waals surface area contributed by atoms with Gasteiger partial charge < -0.3 is 0 Å². The first-order valence-electron chi connectivity index (χ1n) is 4.64. The van der Waals surface area contributed by atoms with Gasteiger partial charge >= 0.3 is 0 Å². The van der Waals surface area contributed by atoms with Crippen molar-refractivity contribution in [2.45, 2.75) is 13.7 Å². The third-order valence-electron chi connectivity index (χ3n) is 0.485. The Kier molecular flexibility index (Phi) is 0.209. The summed E-state index contributed by atoms with van der Waals surface area (Å²) in [5, 5.41) is 5.36. The number of hydrogen-bond donors (Lipinski definition) is 1. The standard InChI is InChI=1S/C4H7N3/c1-3-5-4(2)7-6-3/h1-2H3,(H,5,6,7)/i1D3,2D3. The van der Waals surface area contributed by atoms with Gasteiger partial charge in [-0.3, -0.25) is 5.10 Å². The molecule has 1 aromatic rings. The molecule has 0 saturated carbocycles. The Hall–Kier alpha value is -0.860. The van der Waals surface area contributed by atoms with Crippen molar-refractivity contribution in [3.63, 3.8) is 0 Å². The maximum Gasteiger partial charge on any atom is 0.147 e. The topological polar surface area (TPSA) is 41.6 Å². The van der Waals surface area contributed by atoms with Gasteiger partial charge in [-0.25, -0.2) is 4.98 Å². The SMILES string of the molecule is [2H]C([2H])([2H])c1n[nH]c(C([2H])([2H])[2H])n1. The van der Waals surface area contributed by atoms with Crippen LogP contribution in [-0.4, -0.2) is 15.2 Å². The molecule has 0 aliphatic carbocycles. The second kappa shape index (κ2) is 1.33. The molecule has 3 heteroatoms. The van der Waals surface area contributed by atoms with E-state index in [1.165, 1.54) is 0 Å². The Morgan fingerprint density at radius 3 is 3.14 bits per heavy atom. The number of rotatable bonds is 0. The van der Waals surface area contributed by atoms with E-state index in [9.17, 15) is 0 Å². The maximum absolute atomic E-state index is 6.91. The molecule has 0 atom stereocenters. The summed E-state index contributed by atoms with van der Waals surface area (Å²) in [6, 6.07) is 0. The lowest BCUT2D eigenvalue weighted by atomic mass is 10.7. The fraction of sp³-hybridized carbons (Fsp3) is 0.500. The Labute approximate surface area is 50.2 Å². The number of aromatic amines is 1. The minimum Gasteiger partial charge on any atom is -0.263 e. The van der Waals surface area contributed by atoms with E-state index in [1.54, 1.807) is 0 Å². The molecule has 0 spiro atoms. The third kappa shape index (κ3) is 0.765. The van der Waals surface area contributed by atoms with E-state index in [0.29, 0.717) is 0 Å². The fourth-order valence-electron chi connectivity index (χ4n) is 0.262. The van der Waals surface area contributed by atoms with Gasteiger partial charge in [0, 0.05) is 8.22 Å². The van der Waals surface area contributed by atoms with Crippen molar-refractivity contribution >= 4 is 0 Å². The van der Waals surface area contributed by atoms with Crippen molar-refractivity contribution in [2.24, 2.45) is 0 Å². The van der Waals surface area contributed by atoms with Crippen LogP contribution >= 0.6 is 0 Å². The molecule has 0 fully saturated rings. The molecule has 0 bridgehead atoms. The van der Waals surface area contributed by atoms with E-state index in [0.717, 1.165) is 0 Å². The summed E-state index contributed by atoms with van der Waals surface area (Å²) in [4.78, 5) is 3.36. The number of H-pyrrole nitrogens is 1. The number of hydrogen-bond acceptors (Lipinski definition) is 2. The number of nitrogens with one attached hydrogen (secondary N) is 1. The largest absolute Gasteiger partial charge is 0.263 e. The zero-order chi connectivity index (χ0) is 10.3. The van der Waals surface area contributed by atoms with Crippen molar-refractivity contribution in [3.05, 3.63) is 11.6 Å². The smallest absolute Gasteiger partial charge is 0.147 e. The molecule has 0 amide bonds. The molecule has 38 valence electrons. The van der Waals surface area contributed by atoms with E-state index in [-0.39, 0.29) is 0 Å².